The van der Waals surface area contributed by atoms with Gasteiger partial charge in [-0.2, -0.15) is 8.78 Å². The van der Waals surface area contributed by atoms with Crippen LogP contribution in [0.2, 0.25) is 0 Å². The summed E-state index contributed by atoms with van der Waals surface area (Å²) in [5.41, 5.74) is -1.71. The van der Waals surface area contributed by atoms with Gasteiger partial charge in [-0.1, -0.05) is 13.8 Å². The van der Waals surface area contributed by atoms with Crippen LogP contribution >= 0.6 is 0 Å². The largest absolute Gasteiger partial charge is 0.458 e. The Balaban J connectivity index is 3.57. The minimum Gasteiger partial charge on any atom is -0.458 e. The summed E-state index contributed by atoms with van der Waals surface area (Å²) in [5.74, 6) is -1.84. The summed E-state index contributed by atoms with van der Waals surface area (Å²) in [6, 6.07) is -2.69. The molecule has 0 saturated carbocycles. The fourth-order valence-electron chi connectivity index (χ4n) is 3.94. The number of likely N-dealkylation sites (tertiary alicyclic amines) is 1. The van der Waals surface area contributed by atoms with E-state index >= 15 is 0 Å². The zero-order valence-electron chi connectivity index (χ0n) is 20.6. The highest BCUT2D eigenvalue weighted by atomic mass is 19.3. The molecule has 0 aromatic carbocycles. The highest BCUT2D eigenvalue weighted by Crippen LogP contribution is 2.38. The van der Waals surface area contributed by atoms with E-state index in [0.29, 0.717) is 6.42 Å². The summed E-state index contributed by atoms with van der Waals surface area (Å²) >= 11 is 0. The number of carbonyl (C=O) groups is 3. The molecule has 1 N–H and O–H groups in total. The van der Waals surface area contributed by atoms with E-state index in [0.717, 1.165) is 6.08 Å². The number of hydrogen-bond donors (Lipinski definition) is 1. The van der Waals surface area contributed by atoms with E-state index in [4.69, 9.17) is 9.47 Å². The lowest BCUT2D eigenvalue weighted by Crippen LogP contribution is -2.57. The lowest BCUT2D eigenvalue weighted by Gasteiger charge is -2.38. The second-order valence-electron chi connectivity index (χ2n) is 10.7. The van der Waals surface area contributed by atoms with Gasteiger partial charge in [0, 0.05) is 12.8 Å². The molecule has 0 radical (unpaired) electrons. The van der Waals surface area contributed by atoms with Gasteiger partial charge in [0.15, 0.2) is 0 Å². The zero-order valence-corrected chi connectivity index (χ0v) is 20.6. The molecule has 0 spiro atoms. The normalized spacial score (nSPS) is 22.4. The minimum absolute atomic E-state index is 0.0651. The molecule has 1 saturated heterocycles. The number of esters is 1. The van der Waals surface area contributed by atoms with Crippen LogP contribution in [-0.4, -0.2) is 52.2 Å². The quantitative estimate of drug-likeness (QED) is 0.583. The summed E-state index contributed by atoms with van der Waals surface area (Å²) in [6.07, 6.45) is -1.62. The monoisotopic (exact) mass is 460 g/mol. The lowest BCUT2D eigenvalue weighted by atomic mass is 9.88. The first-order valence-electron chi connectivity index (χ1n) is 11.0. The number of nitrogens with one attached hydrogen (secondary N) is 1. The second-order valence-corrected chi connectivity index (χ2v) is 10.7. The van der Waals surface area contributed by atoms with Gasteiger partial charge >= 0.3 is 12.1 Å². The minimum atomic E-state index is -1.92. The van der Waals surface area contributed by atoms with Crippen LogP contribution in [0.5, 0.6) is 0 Å². The lowest BCUT2D eigenvalue weighted by molar-refractivity contribution is -0.160. The molecule has 9 heteroatoms. The number of ether oxygens (including phenoxy) is 2. The predicted octanol–water partition coefficient (Wildman–Crippen LogP) is 4.65. The Morgan fingerprint density at radius 3 is 2.00 bits per heavy atom. The van der Waals surface area contributed by atoms with Crippen LogP contribution in [0.25, 0.3) is 0 Å². The Labute approximate surface area is 189 Å². The maximum absolute atomic E-state index is 13.4. The molecule has 1 fully saturated rings. The average Bonchev–Trinajstić information content (AvgIpc) is 2.88. The smallest absolute Gasteiger partial charge is 0.411 e. The van der Waals surface area contributed by atoms with Gasteiger partial charge in [-0.15, -0.1) is 0 Å². The molecular formula is C23H38F2N2O5. The summed E-state index contributed by atoms with van der Waals surface area (Å²) in [6.45, 7) is 15.3. The molecule has 2 amide bonds. The van der Waals surface area contributed by atoms with Gasteiger partial charge in [-0.3, -0.25) is 9.69 Å². The summed E-state index contributed by atoms with van der Waals surface area (Å²) < 4.78 is 37.8. The summed E-state index contributed by atoms with van der Waals surface area (Å²) in [4.78, 5) is 39.4. The Morgan fingerprint density at radius 1 is 1.06 bits per heavy atom. The van der Waals surface area contributed by atoms with Gasteiger partial charge < -0.3 is 14.8 Å². The van der Waals surface area contributed by atoms with Gasteiger partial charge in [0.25, 0.3) is 6.08 Å². The Morgan fingerprint density at radius 2 is 1.59 bits per heavy atom. The standard InChI is InChI=1S/C23H38F2N2O5/c1-13(2)10-16(26-14(3)28)19-15(12-18(24)25)11-17(20(29)31-22(4,5)6)27(19)21(30)32-23(7,8)9/h12-13,15-17,19H,10-11H2,1-9H3,(H,26,28)/t15-,16-,17+,19+/m0/s1. The van der Waals surface area contributed by atoms with Crippen molar-refractivity contribution in [2.45, 2.75) is 104 Å². The number of hydrogen-bond acceptors (Lipinski definition) is 5. The van der Waals surface area contributed by atoms with E-state index < -0.39 is 53.4 Å². The number of nitrogens with zero attached hydrogens (tertiary/aromatic N) is 1. The van der Waals surface area contributed by atoms with E-state index in [2.05, 4.69) is 5.32 Å². The number of amides is 2. The first-order chi connectivity index (χ1) is 14.4. The Kier molecular flexibility index (Phi) is 9.24. The maximum Gasteiger partial charge on any atom is 0.411 e. The first kappa shape index (κ1) is 27.8. The van der Waals surface area contributed by atoms with Crippen molar-refractivity contribution in [2.24, 2.45) is 11.8 Å². The highest BCUT2D eigenvalue weighted by molar-refractivity contribution is 5.83. The van der Waals surface area contributed by atoms with Crippen molar-refractivity contribution in [3.63, 3.8) is 0 Å². The molecule has 32 heavy (non-hydrogen) atoms. The van der Waals surface area contributed by atoms with Crippen LogP contribution in [0.15, 0.2) is 12.2 Å². The molecule has 0 aliphatic carbocycles. The predicted molar refractivity (Wildman–Crippen MR) is 117 cm³/mol. The van der Waals surface area contributed by atoms with Crippen molar-refractivity contribution in [2.75, 3.05) is 0 Å². The molecule has 184 valence electrons. The number of carbonyl (C=O) groups excluding carboxylic acids is 3. The third-order valence-corrected chi connectivity index (χ3v) is 4.74. The summed E-state index contributed by atoms with van der Waals surface area (Å²) in [5, 5.41) is 2.80. The van der Waals surface area contributed by atoms with Crippen molar-refractivity contribution in [3.8, 4) is 0 Å². The van der Waals surface area contributed by atoms with Crippen molar-refractivity contribution in [3.05, 3.63) is 12.2 Å². The van der Waals surface area contributed by atoms with E-state index in [1.54, 1.807) is 41.5 Å². The van der Waals surface area contributed by atoms with Gasteiger partial charge in [0.1, 0.15) is 17.2 Å². The van der Waals surface area contributed by atoms with Crippen LogP contribution in [-0.2, 0) is 19.1 Å². The highest BCUT2D eigenvalue weighted by Gasteiger charge is 2.52. The van der Waals surface area contributed by atoms with Crippen LogP contribution < -0.4 is 5.32 Å². The van der Waals surface area contributed by atoms with Gasteiger partial charge in [-0.05, 0) is 66.4 Å². The Bertz CT molecular complexity index is 721. The number of rotatable bonds is 6. The molecule has 0 bridgehead atoms. The molecular weight excluding hydrogens is 422 g/mol. The topological polar surface area (TPSA) is 84.9 Å². The van der Waals surface area contributed by atoms with Gasteiger partial charge in [0.05, 0.1) is 12.1 Å². The fraction of sp³-hybridized carbons (Fsp3) is 0.783. The van der Waals surface area contributed by atoms with Crippen LogP contribution in [0, 0.1) is 11.8 Å². The maximum atomic E-state index is 13.4. The zero-order chi connectivity index (χ0) is 25.0. The summed E-state index contributed by atoms with van der Waals surface area (Å²) in [7, 11) is 0. The number of halogens is 2. The molecule has 7 nitrogen and oxygen atoms in total. The van der Waals surface area contributed by atoms with Crippen LogP contribution in [0.1, 0.15) is 75.2 Å². The molecule has 1 heterocycles. The fourth-order valence-corrected chi connectivity index (χ4v) is 3.94. The third-order valence-electron chi connectivity index (χ3n) is 4.74. The molecule has 0 aromatic rings. The molecule has 0 unspecified atom stereocenters. The van der Waals surface area contributed by atoms with E-state index in [1.165, 1.54) is 11.8 Å². The third kappa shape index (κ3) is 8.74. The first-order valence-corrected chi connectivity index (χ1v) is 11.0. The van der Waals surface area contributed by atoms with Crippen molar-refractivity contribution < 1.29 is 32.6 Å². The van der Waals surface area contributed by atoms with Gasteiger partial charge in [-0.25, -0.2) is 9.59 Å². The second kappa shape index (κ2) is 10.6. The van der Waals surface area contributed by atoms with Crippen molar-refractivity contribution >= 4 is 18.0 Å². The Hall–Kier alpha value is -2.19. The SMILES string of the molecule is CC(=O)N[C@@H](CC(C)C)[C@H]1[C@H](C=C(F)F)C[C@H](C(=O)OC(C)(C)C)N1C(=O)OC(C)(C)C. The molecule has 4 atom stereocenters. The van der Waals surface area contributed by atoms with E-state index in [9.17, 15) is 23.2 Å². The molecule has 1 aliphatic rings. The molecule has 1 aliphatic heterocycles. The van der Waals surface area contributed by atoms with Crippen LogP contribution in [0.3, 0.4) is 0 Å². The van der Waals surface area contributed by atoms with E-state index in [1.807, 2.05) is 13.8 Å². The van der Waals surface area contributed by atoms with E-state index in [-0.39, 0.29) is 18.2 Å². The molecule has 0 aromatic heterocycles. The van der Waals surface area contributed by atoms with Crippen LogP contribution in [0.4, 0.5) is 13.6 Å². The molecule has 1 rings (SSSR count). The average molecular weight is 461 g/mol. The van der Waals surface area contributed by atoms with Crippen molar-refractivity contribution in [1.82, 2.24) is 10.2 Å². The van der Waals surface area contributed by atoms with Gasteiger partial charge in [0.2, 0.25) is 5.91 Å². The van der Waals surface area contributed by atoms with Crippen molar-refractivity contribution in [1.29, 1.82) is 0 Å².